The van der Waals surface area contributed by atoms with E-state index in [0.717, 1.165) is 29.3 Å². The number of anilines is 1. The molecule has 0 amide bonds. The van der Waals surface area contributed by atoms with E-state index in [1.165, 1.54) is 0 Å². The second-order valence-electron chi connectivity index (χ2n) is 6.90. The molecular formula is C23H35IN4O3. The van der Waals surface area contributed by atoms with Gasteiger partial charge in [0.25, 0.3) is 0 Å². The summed E-state index contributed by atoms with van der Waals surface area (Å²) in [6, 6.07) is 14.0. The van der Waals surface area contributed by atoms with Crippen molar-refractivity contribution in [3.05, 3.63) is 48.0 Å². The van der Waals surface area contributed by atoms with Gasteiger partial charge in [-0.2, -0.15) is 0 Å². The van der Waals surface area contributed by atoms with Crippen molar-refractivity contribution in [1.82, 2.24) is 10.2 Å². The molecule has 0 radical (unpaired) electrons. The number of methoxy groups -OCH3 is 2. The predicted octanol–water partition coefficient (Wildman–Crippen LogP) is 4.40. The molecule has 2 N–H and O–H groups in total. The summed E-state index contributed by atoms with van der Waals surface area (Å²) in [5.74, 6) is 2.95. The molecule has 7 nitrogen and oxygen atoms in total. The first kappa shape index (κ1) is 26.8. The van der Waals surface area contributed by atoms with E-state index in [-0.39, 0.29) is 30.0 Å². The summed E-state index contributed by atoms with van der Waals surface area (Å²) < 4.78 is 16.4. The fraction of sp³-hybridized carbons (Fsp3) is 0.435. The topological polar surface area (TPSA) is 67.4 Å². The first-order valence-electron chi connectivity index (χ1n) is 10.2. The van der Waals surface area contributed by atoms with Crippen molar-refractivity contribution >= 4 is 35.6 Å². The first-order valence-corrected chi connectivity index (χ1v) is 10.2. The molecule has 31 heavy (non-hydrogen) atoms. The third kappa shape index (κ3) is 8.10. The number of nitrogens with one attached hydrogen (secondary N) is 2. The molecule has 1 unspecified atom stereocenters. The van der Waals surface area contributed by atoms with Gasteiger partial charge in [-0.1, -0.05) is 12.1 Å². The van der Waals surface area contributed by atoms with Gasteiger partial charge in [-0.05, 0) is 57.8 Å². The Morgan fingerprint density at radius 1 is 1.03 bits per heavy atom. The van der Waals surface area contributed by atoms with Gasteiger partial charge < -0.3 is 29.7 Å². The van der Waals surface area contributed by atoms with Gasteiger partial charge in [0.15, 0.2) is 17.5 Å². The molecule has 2 aromatic rings. The lowest BCUT2D eigenvalue weighted by Crippen LogP contribution is -2.32. The lowest BCUT2D eigenvalue weighted by molar-refractivity contribution is 0.305. The van der Waals surface area contributed by atoms with E-state index in [1.54, 1.807) is 14.2 Å². The lowest BCUT2D eigenvalue weighted by Gasteiger charge is -2.24. The second-order valence-corrected chi connectivity index (χ2v) is 6.90. The van der Waals surface area contributed by atoms with Gasteiger partial charge in [0.1, 0.15) is 5.75 Å². The van der Waals surface area contributed by atoms with Gasteiger partial charge in [0.05, 0.1) is 33.4 Å². The normalized spacial score (nSPS) is 12.0. The Bertz CT molecular complexity index is 830. The van der Waals surface area contributed by atoms with E-state index in [2.05, 4.69) is 41.8 Å². The van der Waals surface area contributed by atoms with Crippen LogP contribution in [-0.4, -0.2) is 58.9 Å². The highest BCUT2D eigenvalue weighted by atomic mass is 127. The fourth-order valence-electron chi connectivity index (χ4n) is 3.06. The highest BCUT2D eigenvalue weighted by Crippen LogP contribution is 2.30. The number of guanidine groups is 1. The van der Waals surface area contributed by atoms with Crippen LogP contribution < -0.4 is 24.8 Å². The maximum atomic E-state index is 5.59. The molecule has 0 aliphatic heterocycles. The zero-order valence-electron chi connectivity index (χ0n) is 19.3. The maximum Gasteiger partial charge on any atom is 0.195 e. The van der Waals surface area contributed by atoms with Crippen molar-refractivity contribution < 1.29 is 14.2 Å². The van der Waals surface area contributed by atoms with Crippen molar-refractivity contribution in [2.45, 2.75) is 19.9 Å². The molecular weight excluding hydrogens is 507 g/mol. The van der Waals surface area contributed by atoms with Crippen molar-refractivity contribution in [3.63, 3.8) is 0 Å². The number of halogens is 1. The van der Waals surface area contributed by atoms with Gasteiger partial charge in [0, 0.05) is 18.3 Å². The first-order chi connectivity index (χ1) is 14.5. The Labute approximate surface area is 203 Å². The average molecular weight is 542 g/mol. The van der Waals surface area contributed by atoms with E-state index < -0.39 is 0 Å². The number of nitrogens with zero attached hydrogens (tertiary/aromatic N) is 2. The molecule has 0 saturated carbocycles. The molecule has 0 spiro atoms. The number of aliphatic imine (C=N–C) groups is 1. The van der Waals surface area contributed by atoms with E-state index >= 15 is 0 Å². The largest absolute Gasteiger partial charge is 0.497 e. The number of rotatable bonds is 10. The van der Waals surface area contributed by atoms with Crippen LogP contribution in [0.5, 0.6) is 17.2 Å². The van der Waals surface area contributed by atoms with Gasteiger partial charge >= 0.3 is 0 Å². The van der Waals surface area contributed by atoms with Crippen molar-refractivity contribution in [2.75, 3.05) is 53.3 Å². The van der Waals surface area contributed by atoms with Crippen molar-refractivity contribution in [3.8, 4) is 17.2 Å². The number of likely N-dealkylation sites (N-methyl/N-ethyl adjacent to an activating group) is 1. The molecule has 172 valence electrons. The zero-order valence-corrected chi connectivity index (χ0v) is 21.6. The van der Waals surface area contributed by atoms with Crippen LogP contribution in [0, 0.1) is 0 Å². The van der Waals surface area contributed by atoms with Gasteiger partial charge in [0.2, 0.25) is 0 Å². The number of hydrogen-bond donors (Lipinski definition) is 2. The van der Waals surface area contributed by atoms with E-state index in [9.17, 15) is 0 Å². The summed E-state index contributed by atoms with van der Waals surface area (Å²) in [5.41, 5.74) is 2.03. The van der Waals surface area contributed by atoms with E-state index in [1.807, 2.05) is 44.2 Å². The standard InChI is InChI=1S/C23H34N4O3.HI/c1-7-24-23(26-18-12-13-21(30-8-2)22(15-18)29-6)25-16-20(27(3)4)17-10-9-11-19(14-17)28-5;/h9-15,20H,7-8,16H2,1-6H3,(H2,24,25,26);1H. The molecule has 2 rings (SSSR count). The fourth-order valence-corrected chi connectivity index (χ4v) is 3.06. The van der Waals surface area contributed by atoms with Gasteiger partial charge in [-0.15, -0.1) is 24.0 Å². The lowest BCUT2D eigenvalue weighted by atomic mass is 10.1. The smallest absolute Gasteiger partial charge is 0.195 e. The molecule has 0 aliphatic rings. The van der Waals surface area contributed by atoms with Crippen LogP contribution >= 0.6 is 24.0 Å². The Hall–Kier alpha value is -2.20. The monoisotopic (exact) mass is 542 g/mol. The minimum Gasteiger partial charge on any atom is -0.497 e. The summed E-state index contributed by atoms with van der Waals surface area (Å²) in [4.78, 5) is 6.97. The summed E-state index contributed by atoms with van der Waals surface area (Å²) in [6.45, 7) is 5.92. The van der Waals surface area contributed by atoms with Crippen molar-refractivity contribution in [1.29, 1.82) is 0 Å². The minimum atomic E-state index is 0. The quantitative estimate of drug-likeness (QED) is 0.264. The summed E-state index contributed by atoms with van der Waals surface area (Å²) in [7, 11) is 7.42. The molecule has 0 fully saturated rings. The molecule has 0 heterocycles. The average Bonchev–Trinajstić information content (AvgIpc) is 2.75. The molecule has 0 aliphatic carbocycles. The summed E-state index contributed by atoms with van der Waals surface area (Å²) in [5, 5.41) is 6.65. The molecule has 0 saturated heterocycles. The molecule has 0 bridgehead atoms. The third-order valence-electron chi connectivity index (χ3n) is 4.59. The molecule has 0 aromatic heterocycles. The summed E-state index contributed by atoms with van der Waals surface area (Å²) >= 11 is 0. The van der Waals surface area contributed by atoms with Crippen LogP contribution in [0.2, 0.25) is 0 Å². The van der Waals surface area contributed by atoms with E-state index in [4.69, 9.17) is 19.2 Å². The van der Waals surface area contributed by atoms with E-state index in [0.29, 0.717) is 24.9 Å². The maximum absolute atomic E-state index is 5.59. The zero-order chi connectivity index (χ0) is 21.9. The van der Waals surface area contributed by atoms with Crippen molar-refractivity contribution in [2.24, 2.45) is 4.99 Å². The molecule has 2 aromatic carbocycles. The predicted molar refractivity (Wildman–Crippen MR) is 139 cm³/mol. The number of ether oxygens (including phenoxy) is 3. The Kier molecular flexibility index (Phi) is 12.1. The summed E-state index contributed by atoms with van der Waals surface area (Å²) in [6.07, 6.45) is 0. The van der Waals surface area contributed by atoms with Crippen LogP contribution in [0.1, 0.15) is 25.5 Å². The highest BCUT2D eigenvalue weighted by molar-refractivity contribution is 14.0. The highest BCUT2D eigenvalue weighted by Gasteiger charge is 2.15. The van der Waals surface area contributed by atoms with Crippen LogP contribution in [0.3, 0.4) is 0 Å². The Morgan fingerprint density at radius 2 is 1.81 bits per heavy atom. The van der Waals surface area contributed by atoms with Gasteiger partial charge in [-0.25, -0.2) is 0 Å². The van der Waals surface area contributed by atoms with Crippen LogP contribution in [-0.2, 0) is 0 Å². The van der Waals surface area contributed by atoms with Crippen LogP contribution in [0.15, 0.2) is 47.5 Å². The third-order valence-corrected chi connectivity index (χ3v) is 4.59. The number of hydrogen-bond acceptors (Lipinski definition) is 5. The SMILES string of the molecule is CCNC(=NCC(c1cccc(OC)c1)N(C)C)Nc1ccc(OCC)c(OC)c1.I. The second kappa shape index (κ2) is 14.0. The van der Waals surface area contributed by atoms with Crippen LogP contribution in [0.4, 0.5) is 5.69 Å². The Morgan fingerprint density at radius 3 is 2.42 bits per heavy atom. The molecule has 1 atom stereocenters. The molecule has 8 heteroatoms. The van der Waals surface area contributed by atoms with Crippen LogP contribution in [0.25, 0.3) is 0 Å². The number of benzene rings is 2. The van der Waals surface area contributed by atoms with Gasteiger partial charge in [-0.3, -0.25) is 4.99 Å². The minimum absolute atomic E-state index is 0. The Balaban J connectivity index is 0.00000480.